The average molecular weight is 221 g/mol. The first-order valence-corrected chi connectivity index (χ1v) is 5.29. The summed E-state index contributed by atoms with van der Waals surface area (Å²) in [5, 5.41) is 6.93. The van der Waals surface area contributed by atoms with Gasteiger partial charge in [0.1, 0.15) is 0 Å². The van der Waals surface area contributed by atoms with E-state index in [0.717, 1.165) is 18.9 Å². The van der Waals surface area contributed by atoms with Gasteiger partial charge in [0.25, 0.3) is 0 Å². The van der Waals surface area contributed by atoms with Gasteiger partial charge >= 0.3 is 6.01 Å². The van der Waals surface area contributed by atoms with Crippen LogP contribution in [0.5, 0.6) is 0 Å². The van der Waals surface area contributed by atoms with Crippen molar-refractivity contribution in [3.63, 3.8) is 0 Å². The molecule has 16 heavy (non-hydrogen) atoms. The van der Waals surface area contributed by atoms with Crippen molar-refractivity contribution in [2.45, 2.75) is 26.3 Å². The number of hydrogen-bond acceptors (Lipinski definition) is 5. The van der Waals surface area contributed by atoms with Crippen LogP contribution in [0.15, 0.2) is 23.2 Å². The van der Waals surface area contributed by atoms with Gasteiger partial charge in [-0.05, 0) is 0 Å². The molecule has 0 fully saturated rings. The molecule has 1 N–H and O–H groups in total. The molecule has 0 spiro atoms. The maximum Gasteiger partial charge on any atom is 0.321 e. The van der Waals surface area contributed by atoms with E-state index in [1.165, 1.54) is 0 Å². The van der Waals surface area contributed by atoms with E-state index in [2.05, 4.69) is 20.4 Å². The minimum absolute atomic E-state index is 0.285. The van der Waals surface area contributed by atoms with Crippen LogP contribution in [0.25, 0.3) is 0 Å². The molecule has 0 aromatic carbocycles. The number of anilines is 1. The first-order chi connectivity index (χ1) is 7.75. The molecular formula is C10H15N5O. The number of nitrogens with one attached hydrogen (secondary N) is 1. The van der Waals surface area contributed by atoms with Crippen molar-refractivity contribution in [2.75, 3.05) is 11.9 Å². The zero-order chi connectivity index (χ0) is 11.4. The van der Waals surface area contributed by atoms with E-state index in [0.29, 0.717) is 6.01 Å². The topological polar surface area (TPSA) is 68.8 Å². The van der Waals surface area contributed by atoms with Gasteiger partial charge in [-0.2, -0.15) is 4.98 Å². The molecule has 0 saturated heterocycles. The minimum atomic E-state index is 0.285. The van der Waals surface area contributed by atoms with Gasteiger partial charge < -0.3 is 14.4 Å². The van der Waals surface area contributed by atoms with E-state index in [9.17, 15) is 0 Å². The quantitative estimate of drug-likeness (QED) is 0.828. The van der Waals surface area contributed by atoms with Crippen LogP contribution < -0.4 is 5.32 Å². The van der Waals surface area contributed by atoms with E-state index >= 15 is 0 Å². The van der Waals surface area contributed by atoms with Crippen molar-refractivity contribution in [1.82, 2.24) is 19.7 Å². The van der Waals surface area contributed by atoms with E-state index in [-0.39, 0.29) is 5.92 Å². The predicted molar refractivity (Wildman–Crippen MR) is 59.1 cm³/mol. The van der Waals surface area contributed by atoms with Gasteiger partial charge in [-0.3, -0.25) is 0 Å². The van der Waals surface area contributed by atoms with Crippen LogP contribution in [0, 0.1) is 0 Å². The Labute approximate surface area is 93.7 Å². The summed E-state index contributed by atoms with van der Waals surface area (Å²) in [6.07, 6.45) is 5.44. The monoisotopic (exact) mass is 221 g/mol. The summed E-state index contributed by atoms with van der Waals surface area (Å²) in [6, 6.07) is 0.476. The van der Waals surface area contributed by atoms with Crippen molar-refractivity contribution in [3.8, 4) is 0 Å². The summed E-state index contributed by atoms with van der Waals surface area (Å²) in [5.41, 5.74) is 0. The zero-order valence-corrected chi connectivity index (χ0v) is 9.42. The smallest absolute Gasteiger partial charge is 0.321 e. The van der Waals surface area contributed by atoms with Crippen LogP contribution in [-0.4, -0.2) is 26.2 Å². The average Bonchev–Trinajstić information content (AvgIpc) is 2.87. The van der Waals surface area contributed by atoms with Crippen LogP contribution in [0.4, 0.5) is 6.01 Å². The molecule has 2 aromatic heterocycles. The number of hydrogen-bond donors (Lipinski definition) is 1. The molecule has 6 heteroatoms. The Hall–Kier alpha value is -1.85. The molecule has 0 aliphatic heterocycles. The lowest BCUT2D eigenvalue weighted by atomic mass is 10.2. The van der Waals surface area contributed by atoms with Crippen molar-refractivity contribution in [2.24, 2.45) is 0 Å². The van der Waals surface area contributed by atoms with Crippen molar-refractivity contribution < 1.29 is 4.52 Å². The van der Waals surface area contributed by atoms with Gasteiger partial charge in [-0.15, -0.1) is 0 Å². The molecule has 0 aliphatic rings. The zero-order valence-electron chi connectivity index (χ0n) is 9.42. The van der Waals surface area contributed by atoms with Crippen LogP contribution in [0.1, 0.15) is 25.6 Å². The lowest BCUT2D eigenvalue weighted by Gasteiger charge is -2.01. The van der Waals surface area contributed by atoms with Gasteiger partial charge in [0.2, 0.25) is 0 Å². The normalized spacial score (nSPS) is 10.9. The van der Waals surface area contributed by atoms with Gasteiger partial charge in [-0.1, -0.05) is 19.0 Å². The van der Waals surface area contributed by atoms with Crippen LogP contribution in [0.3, 0.4) is 0 Å². The second-order valence-electron chi connectivity index (χ2n) is 3.84. The highest BCUT2D eigenvalue weighted by atomic mass is 16.5. The highest BCUT2D eigenvalue weighted by Gasteiger charge is 2.08. The maximum atomic E-state index is 5.05. The highest BCUT2D eigenvalue weighted by Crippen LogP contribution is 2.11. The second-order valence-corrected chi connectivity index (χ2v) is 3.84. The standard InChI is InChI=1S/C10H15N5O/c1-8(2)9-13-10(16-14-9)12-4-6-15-5-3-11-7-15/h3,5,7-8H,4,6H2,1-2H3,(H,12,13,14). The molecule has 0 amide bonds. The maximum absolute atomic E-state index is 5.05. The number of rotatable bonds is 5. The number of imidazole rings is 1. The molecule has 2 rings (SSSR count). The summed E-state index contributed by atoms with van der Waals surface area (Å²) < 4.78 is 7.03. The van der Waals surface area contributed by atoms with Crippen molar-refractivity contribution in [3.05, 3.63) is 24.5 Å². The van der Waals surface area contributed by atoms with Gasteiger partial charge in [0.05, 0.1) is 6.33 Å². The summed E-state index contributed by atoms with van der Waals surface area (Å²) >= 11 is 0. The molecule has 0 unspecified atom stereocenters. The van der Waals surface area contributed by atoms with E-state index in [1.54, 1.807) is 12.5 Å². The third-order valence-corrected chi connectivity index (χ3v) is 2.16. The highest BCUT2D eigenvalue weighted by molar-refractivity contribution is 5.18. The van der Waals surface area contributed by atoms with Gasteiger partial charge in [0.15, 0.2) is 5.82 Å². The van der Waals surface area contributed by atoms with Gasteiger partial charge in [0, 0.05) is 31.4 Å². The van der Waals surface area contributed by atoms with Crippen LogP contribution >= 0.6 is 0 Å². The fourth-order valence-corrected chi connectivity index (χ4v) is 1.25. The molecule has 0 aliphatic carbocycles. The third-order valence-electron chi connectivity index (χ3n) is 2.16. The molecule has 0 atom stereocenters. The Bertz CT molecular complexity index is 420. The molecule has 6 nitrogen and oxygen atoms in total. The van der Waals surface area contributed by atoms with E-state index in [4.69, 9.17) is 4.52 Å². The molecule has 86 valence electrons. The third kappa shape index (κ3) is 2.59. The van der Waals surface area contributed by atoms with Crippen molar-refractivity contribution in [1.29, 1.82) is 0 Å². The Morgan fingerprint density at radius 1 is 1.50 bits per heavy atom. The van der Waals surface area contributed by atoms with Crippen LogP contribution in [0.2, 0.25) is 0 Å². The Morgan fingerprint density at radius 3 is 3.00 bits per heavy atom. The first kappa shape index (κ1) is 10.7. The Kier molecular flexibility index (Phi) is 3.19. The summed E-state index contributed by atoms with van der Waals surface area (Å²) in [7, 11) is 0. The van der Waals surface area contributed by atoms with Gasteiger partial charge in [-0.25, -0.2) is 4.98 Å². The first-order valence-electron chi connectivity index (χ1n) is 5.29. The number of nitrogens with zero attached hydrogens (tertiary/aromatic N) is 4. The summed E-state index contributed by atoms with van der Waals surface area (Å²) in [6.45, 7) is 5.61. The second kappa shape index (κ2) is 4.78. The van der Waals surface area contributed by atoms with Crippen molar-refractivity contribution >= 4 is 6.01 Å². The summed E-state index contributed by atoms with van der Waals surface area (Å²) in [4.78, 5) is 8.17. The van der Waals surface area contributed by atoms with Crippen LogP contribution in [-0.2, 0) is 6.54 Å². The largest absolute Gasteiger partial charge is 0.336 e. The lowest BCUT2D eigenvalue weighted by Crippen LogP contribution is -2.09. The van der Waals surface area contributed by atoms with E-state index in [1.807, 2.05) is 24.6 Å². The fraction of sp³-hybridized carbons (Fsp3) is 0.500. The Balaban J connectivity index is 1.81. The number of aromatic nitrogens is 4. The molecule has 2 heterocycles. The molecular weight excluding hydrogens is 206 g/mol. The lowest BCUT2D eigenvalue weighted by molar-refractivity contribution is 0.418. The molecule has 0 saturated carbocycles. The minimum Gasteiger partial charge on any atom is -0.336 e. The molecule has 0 bridgehead atoms. The predicted octanol–water partition coefficient (Wildman–Crippen LogP) is 1.50. The fourth-order valence-electron chi connectivity index (χ4n) is 1.25. The Morgan fingerprint density at radius 2 is 2.38 bits per heavy atom. The molecule has 0 radical (unpaired) electrons. The summed E-state index contributed by atoms with van der Waals surface area (Å²) in [5.74, 6) is 1.01. The van der Waals surface area contributed by atoms with E-state index < -0.39 is 0 Å². The SMILES string of the molecule is CC(C)c1noc(NCCn2ccnc2)n1. The molecule has 2 aromatic rings.